The van der Waals surface area contributed by atoms with Crippen LogP contribution in [-0.2, 0) is 9.59 Å². The summed E-state index contributed by atoms with van der Waals surface area (Å²) in [4.78, 5) is 32.9. The average Bonchev–Trinajstić information content (AvgIpc) is 2.81. The second-order valence-corrected chi connectivity index (χ2v) is 4.99. The number of aliphatic carboxylic acids is 1. The molecule has 1 fully saturated rings. The first-order chi connectivity index (χ1) is 9.08. The maximum absolute atomic E-state index is 11.4. The van der Waals surface area contributed by atoms with Crippen molar-refractivity contribution in [3.8, 4) is 0 Å². The molecule has 3 amide bonds. The van der Waals surface area contributed by atoms with Gasteiger partial charge in [-0.25, -0.2) is 4.79 Å². The minimum absolute atomic E-state index is 0.0579. The van der Waals surface area contributed by atoms with E-state index in [2.05, 4.69) is 10.6 Å². The maximum atomic E-state index is 11.4. The van der Waals surface area contributed by atoms with E-state index in [-0.39, 0.29) is 19.3 Å². The van der Waals surface area contributed by atoms with Gasteiger partial charge in [-0.2, -0.15) is 0 Å². The molecule has 1 saturated carbocycles. The number of carbonyl (C=O) groups is 3. The molecule has 0 aromatic rings. The fraction of sp³-hybridized carbons (Fsp3) is 0.769. The van der Waals surface area contributed by atoms with Gasteiger partial charge in [0.05, 0.1) is 0 Å². The smallest absolute Gasteiger partial charge is 0.321 e. The second-order valence-electron chi connectivity index (χ2n) is 4.99. The molecule has 6 heteroatoms. The number of urea groups is 1. The van der Waals surface area contributed by atoms with Crippen LogP contribution < -0.4 is 10.6 Å². The van der Waals surface area contributed by atoms with Gasteiger partial charge in [-0.15, -0.1) is 0 Å². The predicted octanol–water partition coefficient (Wildman–Crippen LogP) is 1.65. The fourth-order valence-electron chi connectivity index (χ4n) is 2.32. The lowest BCUT2D eigenvalue weighted by atomic mass is 10.0. The quantitative estimate of drug-likeness (QED) is 0.655. The van der Waals surface area contributed by atoms with Gasteiger partial charge in [-0.1, -0.05) is 25.7 Å². The van der Waals surface area contributed by atoms with Crippen LogP contribution in [0.4, 0.5) is 4.79 Å². The molecule has 0 aromatic carbocycles. The van der Waals surface area contributed by atoms with Crippen LogP contribution in [0.1, 0.15) is 51.4 Å². The van der Waals surface area contributed by atoms with Crippen molar-refractivity contribution in [1.29, 1.82) is 0 Å². The van der Waals surface area contributed by atoms with E-state index in [1.54, 1.807) is 0 Å². The zero-order valence-electron chi connectivity index (χ0n) is 11.1. The van der Waals surface area contributed by atoms with E-state index < -0.39 is 17.9 Å². The van der Waals surface area contributed by atoms with Crippen molar-refractivity contribution in [2.24, 2.45) is 5.92 Å². The average molecular weight is 270 g/mol. The zero-order valence-corrected chi connectivity index (χ0v) is 11.1. The Labute approximate surface area is 112 Å². The van der Waals surface area contributed by atoms with Crippen molar-refractivity contribution in [3.63, 3.8) is 0 Å². The molecule has 1 aliphatic carbocycles. The molecule has 0 bridgehead atoms. The number of carboxylic acids is 1. The SMILES string of the molecule is O=C(O)CCCC(=O)NC(=O)NCCC1CCCC1. The Hall–Kier alpha value is -1.59. The summed E-state index contributed by atoms with van der Waals surface area (Å²) >= 11 is 0. The summed E-state index contributed by atoms with van der Waals surface area (Å²) in [5.41, 5.74) is 0. The summed E-state index contributed by atoms with van der Waals surface area (Å²) in [6.45, 7) is 0.582. The minimum atomic E-state index is -0.936. The molecule has 1 aliphatic rings. The van der Waals surface area contributed by atoms with Gasteiger partial charge in [0.2, 0.25) is 5.91 Å². The lowest BCUT2D eigenvalue weighted by molar-refractivity contribution is -0.137. The number of hydrogen-bond acceptors (Lipinski definition) is 3. The van der Waals surface area contributed by atoms with E-state index in [1.807, 2.05) is 0 Å². The summed E-state index contributed by atoms with van der Waals surface area (Å²) in [7, 11) is 0. The standard InChI is InChI=1S/C13H22N2O4/c16-11(6-3-7-12(17)18)15-13(19)14-9-8-10-4-1-2-5-10/h10H,1-9H2,(H,17,18)(H2,14,15,16,19). The van der Waals surface area contributed by atoms with Crippen LogP contribution in [-0.4, -0.2) is 29.6 Å². The van der Waals surface area contributed by atoms with Crippen LogP contribution in [0.2, 0.25) is 0 Å². The number of rotatable bonds is 7. The first-order valence-corrected chi connectivity index (χ1v) is 6.87. The maximum Gasteiger partial charge on any atom is 0.321 e. The Kier molecular flexibility index (Phi) is 6.92. The monoisotopic (exact) mass is 270 g/mol. The summed E-state index contributed by atoms with van der Waals surface area (Å²) in [6, 6.07) is -0.488. The molecular weight excluding hydrogens is 248 g/mol. The molecular formula is C13H22N2O4. The highest BCUT2D eigenvalue weighted by Gasteiger charge is 2.15. The number of nitrogens with one attached hydrogen (secondary N) is 2. The molecule has 6 nitrogen and oxygen atoms in total. The van der Waals surface area contributed by atoms with E-state index in [0.29, 0.717) is 12.5 Å². The molecule has 3 N–H and O–H groups in total. The normalized spacial score (nSPS) is 15.2. The predicted molar refractivity (Wildman–Crippen MR) is 69.6 cm³/mol. The topological polar surface area (TPSA) is 95.5 Å². The van der Waals surface area contributed by atoms with Gasteiger partial charge >= 0.3 is 12.0 Å². The Bertz CT molecular complexity index is 325. The van der Waals surface area contributed by atoms with Gasteiger partial charge in [0.1, 0.15) is 0 Å². The molecule has 0 saturated heterocycles. The molecule has 1 rings (SSSR count). The molecule has 0 aromatic heterocycles. The molecule has 19 heavy (non-hydrogen) atoms. The van der Waals surface area contributed by atoms with Crippen molar-refractivity contribution in [3.05, 3.63) is 0 Å². The van der Waals surface area contributed by atoms with Crippen LogP contribution >= 0.6 is 0 Å². The molecule has 0 unspecified atom stereocenters. The van der Waals surface area contributed by atoms with E-state index >= 15 is 0 Å². The van der Waals surface area contributed by atoms with E-state index in [1.165, 1.54) is 25.7 Å². The van der Waals surface area contributed by atoms with Crippen LogP contribution in [0.25, 0.3) is 0 Å². The summed E-state index contributed by atoms with van der Waals surface area (Å²) < 4.78 is 0. The highest BCUT2D eigenvalue weighted by molar-refractivity contribution is 5.94. The van der Waals surface area contributed by atoms with Crippen LogP contribution in [0.3, 0.4) is 0 Å². The van der Waals surface area contributed by atoms with Crippen LogP contribution in [0, 0.1) is 5.92 Å². The first-order valence-electron chi connectivity index (χ1n) is 6.87. The second kappa shape index (κ2) is 8.50. The zero-order chi connectivity index (χ0) is 14.1. The van der Waals surface area contributed by atoms with Crippen molar-refractivity contribution >= 4 is 17.9 Å². The minimum Gasteiger partial charge on any atom is -0.481 e. The highest BCUT2D eigenvalue weighted by atomic mass is 16.4. The van der Waals surface area contributed by atoms with E-state index in [4.69, 9.17) is 5.11 Å². The highest BCUT2D eigenvalue weighted by Crippen LogP contribution is 2.26. The molecule has 0 radical (unpaired) electrons. The Morgan fingerprint density at radius 2 is 1.79 bits per heavy atom. The van der Waals surface area contributed by atoms with Crippen molar-refractivity contribution in [2.45, 2.75) is 51.4 Å². The summed E-state index contributed by atoms with van der Waals surface area (Å²) in [5, 5.41) is 13.3. The molecule has 0 heterocycles. The van der Waals surface area contributed by atoms with Gasteiger partial charge in [0.25, 0.3) is 0 Å². The third kappa shape index (κ3) is 7.43. The Morgan fingerprint density at radius 1 is 1.11 bits per heavy atom. The van der Waals surface area contributed by atoms with E-state index in [0.717, 1.165) is 6.42 Å². The van der Waals surface area contributed by atoms with Gasteiger partial charge in [0, 0.05) is 19.4 Å². The van der Waals surface area contributed by atoms with Gasteiger partial charge in [-0.05, 0) is 18.8 Å². The van der Waals surface area contributed by atoms with Crippen molar-refractivity contribution in [2.75, 3.05) is 6.54 Å². The van der Waals surface area contributed by atoms with Crippen LogP contribution in [0.5, 0.6) is 0 Å². The van der Waals surface area contributed by atoms with Gasteiger partial charge < -0.3 is 10.4 Å². The van der Waals surface area contributed by atoms with Crippen molar-refractivity contribution < 1.29 is 19.5 Å². The van der Waals surface area contributed by atoms with E-state index in [9.17, 15) is 14.4 Å². The lowest BCUT2D eigenvalue weighted by Crippen LogP contribution is -2.40. The number of carboxylic acid groups (broad SMARTS) is 1. The molecule has 0 spiro atoms. The first kappa shape index (κ1) is 15.5. The largest absolute Gasteiger partial charge is 0.481 e. The number of amides is 3. The summed E-state index contributed by atoms with van der Waals surface area (Å²) in [6.07, 6.45) is 6.23. The number of carbonyl (C=O) groups excluding carboxylic acids is 2. The molecule has 108 valence electrons. The lowest BCUT2D eigenvalue weighted by Gasteiger charge is -2.10. The number of hydrogen-bond donors (Lipinski definition) is 3. The third-order valence-corrected chi connectivity index (χ3v) is 3.36. The number of imide groups is 1. The fourth-order valence-corrected chi connectivity index (χ4v) is 2.32. The van der Waals surface area contributed by atoms with Gasteiger partial charge in [0.15, 0.2) is 0 Å². The van der Waals surface area contributed by atoms with Crippen molar-refractivity contribution in [1.82, 2.24) is 10.6 Å². The van der Waals surface area contributed by atoms with Crippen LogP contribution in [0.15, 0.2) is 0 Å². The summed E-state index contributed by atoms with van der Waals surface area (Å²) in [5.74, 6) is -0.667. The molecule has 0 aliphatic heterocycles. The molecule has 0 atom stereocenters. The van der Waals surface area contributed by atoms with Gasteiger partial charge in [-0.3, -0.25) is 14.9 Å². The Morgan fingerprint density at radius 3 is 2.42 bits per heavy atom. The Balaban J connectivity index is 2.02. The third-order valence-electron chi connectivity index (χ3n) is 3.36.